The molecule has 2 amide bonds. The van der Waals surface area contributed by atoms with Crippen LogP contribution >= 0.6 is 0 Å². The maximum absolute atomic E-state index is 10.9. The van der Waals surface area contributed by atoms with E-state index in [9.17, 15) is 9.59 Å². The van der Waals surface area contributed by atoms with Crippen molar-refractivity contribution in [3.05, 3.63) is 24.4 Å². The van der Waals surface area contributed by atoms with Gasteiger partial charge in [0.15, 0.2) is 0 Å². The van der Waals surface area contributed by atoms with E-state index in [-0.39, 0.29) is 11.8 Å². The van der Waals surface area contributed by atoms with E-state index in [4.69, 9.17) is 0 Å². The van der Waals surface area contributed by atoms with Crippen LogP contribution in [-0.4, -0.2) is 16.7 Å². The molecule has 0 fully saturated rings. The van der Waals surface area contributed by atoms with Crippen LogP contribution in [0.4, 0.5) is 0 Å². The summed E-state index contributed by atoms with van der Waals surface area (Å²) in [5.41, 5.74) is 0. The van der Waals surface area contributed by atoms with Gasteiger partial charge in [-0.3, -0.25) is 14.5 Å². The van der Waals surface area contributed by atoms with Crippen LogP contribution < -0.4 is 0 Å². The Morgan fingerprint density at radius 1 is 1.36 bits per heavy atom. The van der Waals surface area contributed by atoms with Crippen molar-refractivity contribution in [3.8, 4) is 0 Å². The maximum Gasteiger partial charge on any atom is 0.257 e. The highest BCUT2D eigenvalue weighted by molar-refractivity contribution is 6.13. The second-order valence-electron chi connectivity index (χ2n) is 2.17. The van der Waals surface area contributed by atoms with Gasteiger partial charge in [0.25, 0.3) is 11.8 Å². The standard InChI is InChI=1S/C8H9NO2/c1-2-3-6-9-7(10)4-5-8(9)11/h3-6H,2H2,1H3. The molecule has 0 saturated heterocycles. The van der Waals surface area contributed by atoms with Crippen LogP contribution in [0.5, 0.6) is 0 Å². The van der Waals surface area contributed by atoms with Crippen LogP contribution in [-0.2, 0) is 9.59 Å². The molecule has 0 spiro atoms. The first-order valence-electron chi connectivity index (χ1n) is 3.47. The first-order chi connectivity index (χ1) is 5.25. The van der Waals surface area contributed by atoms with Crippen LogP contribution in [0.1, 0.15) is 13.3 Å². The molecule has 0 unspecified atom stereocenters. The Morgan fingerprint density at radius 3 is 2.36 bits per heavy atom. The van der Waals surface area contributed by atoms with Crippen LogP contribution in [0.25, 0.3) is 0 Å². The van der Waals surface area contributed by atoms with E-state index in [1.165, 1.54) is 18.4 Å². The van der Waals surface area contributed by atoms with Crippen molar-refractivity contribution in [1.82, 2.24) is 4.90 Å². The Labute approximate surface area is 65.0 Å². The third-order valence-electron chi connectivity index (χ3n) is 1.33. The van der Waals surface area contributed by atoms with E-state index in [0.717, 1.165) is 11.3 Å². The lowest BCUT2D eigenvalue weighted by Crippen LogP contribution is -2.23. The lowest BCUT2D eigenvalue weighted by molar-refractivity contribution is -0.133. The molecule has 0 N–H and O–H groups in total. The van der Waals surface area contributed by atoms with Crippen molar-refractivity contribution in [2.75, 3.05) is 0 Å². The SMILES string of the molecule is CCC=CN1C(=O)C=CC1=O. The minimum atomic E-state index is -0.264. The highest BCUT2D eigenvalue weighted by Gasteiger charge is 2.19. The number of imide groups is 1. The van der Waals surface area contributed by atoms with Crippen LogP contribution in [0.2, 0.25) is 0 Å². The molecular weight excluding hydrogens is 142 g/mol. The average molecular weight is 151 g/mol. The van der Waals surface area contributed by atoms with Crippen molar-refractivity contribution in [3.63, 3.8) is 0 Å². The van der Waals surface area contributed by atoms with Crippen molar-refractivity contribution in [2.24, 2.45) is 0 Å². The zero-order chi connectivity index (χ0) is 8.27. The van der Waals surface area contributed by atoms with Gasteiger partial charge in [0, 0.05) is 18.4 Å². The smallest absolute Gasteiger partial charge is 0.257 e. The molecule has 58 valence electrons. The summed E-state index contributed by atoms with van der Waals surface area (Å²) >= 11 is 0. The summed E-state index contributed by atoms with van der Waals surface area (Å²) in [6.45, 7) is 1.94. The summed E-state index contributed by atoms with van der Waals surface area (Å²) in [6, 6.07) is 0. The van der Waals surface area contributed by atoms with Crippen LogP contribution in [0.15, 0.2) is 24.4 Å². The summed E-state index contributed by atoms with van der Waals surface area (Å²) in [4.78, 5) is 22.8. The average Bonchev–Trinajstić information content (AvgIpc) is 2.29. The van der Waals surface area contributed by atoms with Crippen molar-refractivity contribution < 1.29 is 9.59 Å². The quantitative estimate of drug-likeness (QED) is 0.548. The van der Waals surface area contributed by atoms with E-state index in [1.807, 2.05) is 6.92 Å². The maximum atomic E-state index is 10.9. The molecule has 3 nitrogen and oxygen atoms in total. The molecule has 1 aliphatic rings. The Kier molecular flexibility index (Phi) is 2.21. The van der Waals surface area contributed by atoms with Gasteiger partial charge in [-0.05, 0) is 6.42 Å². The fourth-order valence-corrected chi connectivity index (χ4v) is 0.770. The fraction of sp³-hybridized carbons (Fsp3) is 0.250. The highest BCUT2D eigenvalue weighted by atomic mass is 16.2. The van der Waals surface area contributed by atoms with Gasteiger partial charge in [-0.1, -0.05) is 13.0 Å². The van der Waals surface area contributed by atoms with Gasteiger partial charge in [0.05, 0.1) is 0 Å². The Hall–Kier alpha value is -1.38. The summed E-state index contributed by atoms with van der Waals surface area (Å²) < 4.78 is 0. The van der Waals surface area contributed by atoms with E-state index in [1.54, 1.807) is 6.08 Å². The molecule has 0 aliphatic carbocycles. The van der Waals surface area contributed by atoms with Crippen molar-refractivity contribution >= 4 is 11.8 Å². The number of nitrogens with zero attached hydrogens (tertiary/aromatic N) is 1. The molecule has 1 aliphatic heterocycles. The predicted molar refractivity (Wildman–Crippen MR) is 40.4 cm³/mol. The Morgan fingerprint density at radius 2 is 1.91 bits per heavy atom. The molecule has 0 radical (unpaired) electrons. The molecular formula is C8H9NO2. The Bertz CT molecular complexity index is 222. The van der Waals surface area contributed by atoms with Gasteiger partial charge in [-0.15, -0.1) is 0 Å². The van der Waals surface area contributed by atoms with Gasteiger partial charge >= 0.3 is 0 Å². The number of hydrogen-bond donors (Lipinski definition) is 0. The van der Waals surface area contributed by atoms with E-state index < -0.39 is 0 Å². The van der Waals surface area contributed by atoms with Crippen molar-refractivity contribution in [2.45, 2.75) is 13.3 Å². The number of amides is 2. The zero-order valence-corrected chi connectivity index (χ0v) is 6.28. The summed E-state index contributed by atoms with van der Waals surface area (Å²) in [6.07, 6.45) is 6.62. The molecule has 1 rings (SSSR count). The third kappa shape index (κ3) is 1.55. The Balaban J connectivity index is 2.66. The van der Waals surface area contributed by atoms with E-state index in [2.05, 4.69) is 0 Å². The molecule has 3 heteroatoms. The second kappa shape index (κ2) is 3.14. The molecule has 1 heterocycles. The van der Waals surface area contributed by atoms with E-state index in [0.29, 0.717) is 0 Å². The summed E-state index contributed by atoms with van der Waals surface area (Å²) in [7, 11) is 0. The number of carbonyl (C=O) groups excluding carboxylic acids is 2. The number of hydrogen-bond acceptors (Lipinski definition) is 2. The summed E-state index contributed by atoms with van der Waals surface area (Å²) in [5, 5.41) is 0. The van der Waals surface area contributed by atoms with Gasteiger partial charge in [-0.2, -0.15) is 0 Å². The highest BCUT2D eigenvalue weighted by Crippen LogP contribution is 2.03. The predicted octanol–water partition coefficient (Wildman–Crippen LogP) is 0.835. The molecule has 11 heavy (non-hydrogen) atoms. The lowest BCUT2D eigenvalue weighted by atomic mass is 10.4. The van der Waals surface area contributed by atoms with Crippen LogP contribution in [0.3, 0.4) is 0 Å². The van der Waals surface area contributed by atoms with Gasteiger partial charge in [-0.25, -0.2) is 0 Å². The number of rotatable bonds is 2. The zero-order valence-electron chi connectivity index (χ0n) is 6.28. The lowest BCUT2D eigenvalue weighted by Gasteiger charge is -2.05. The van der Waals surface area contributed by atoms with Gasteiger partial charge in [0.2, 0.25) is 0 Å². The first kappa shape index (κ1) is 7.72. The third-order valence-corrected chi connectivity index (χ3v) is 1.33. The first-order valence-corrected chi connectivity index (χ1v) is 3.47. The molecule has 0 aromatic carbocycles. The number of carbonyl (C=O) groups is 2. The van der Waals surface area contributed by atoms with Crippen LogP contribution in [0, 0.1) is 0 Å². The number of allylic oxidation sites excluding steroid dienone is 1. The normalized spacial score (nSPS) is 17.4. The van der Waals surface area contributed by atoms with E-state index >= 15 is 0 Å². The topological polar surface area (TPSA) is 37.4 Å². The van der Waals surface area contributed by atoms with Gasteiger partial charge in [0.1, 0.15) is 0 Å². The van der Waals surface area contributed by atoms with Gasteiger partial charge < -0.3 is 0 Å². The molecule has 0 aromatic heterocycles. The monoisotopic (exact) mass is 151 g/mol. The fourth-order valence-electron chi connectivity index (χ4n) is 0.770. The largest absolute Gasteiger partial charge is 0.269 e. The summed E-state index contributed by atoms with van der Waals surface area (Å²) in [5.74, 6) is -0.528. The molecule has 0 aromatic rings. The minimum Gasteiger partial charge on any atom is -0.269 e. The molecule has 0 saturated carbocycles. The molecule has 0 atom stereocenters. The minimum absolute atomic E-state index is 0.264. The second-order valence-corrected chi connectivity index (χ2v) is 2.17. The van der Waals surface area contributed by atoms with Crippen molar-refractivity contribution in [1.29, 1.82) is 0 Å². The molecule has 0 bridgehead atoms.